The van der Waals surface area contributed by atoms with Crippen LogP contribution in [0, 0.1) is 17.8 Å². The van der Waals surface area contributed by atoms with E-state index in [2.05, 4.69) is 0 Å². The van der Waals surface area contributed by atoms with Crippen LogP contribution in [0.5, 0.6) is 0 Å². The van der Waals surface area contributed by atoms with Crippen molar-refractivity contribution in [1.29, 1.82) is 0 Å². The number of likely N-dealkylation sites (tertiary alicyclic amines) is 2. The van der Waals surface area contributed by atoms with E-state index in [1.807, 2.05) is 16.7 Å². The molecule has 0 aromatic heterocycles. The largest absolute Gasteiger partial charge is 0.391 e. The van der Waals surface area contributed by atoms with Crippen molar-refractivity contribution in [3.05, 3.63) is 0 Å². The van der Waals surface area contributed by atoms with E-state index in [0.717, 1.165) is 51.7 Å². The Morgan fingerprint density at radius 1 is 0.857 bits per heavy atom. The van der Waals surface area contributed by atoms with E-state index in [9.17, 15) is 14.7 Å². The summed E-state index contributed by atoms with van der Waals surface area (Å²) in [4.78, 5) is 28.3. The molecule has 2 amide bonds. The van der Waals surface area contributed by atoms with E-state index in [-0.39, 0.29) is 29.8 Å². The van der Waals surface area contributed by atoms with Gasteiger partial charge in [-0.1, -0.05) is 6.92 Å². The molecule has 0 spiro atoms. The lowest BCUT2D eigenvalue weighted by Gasteiger charge is -2.38. The summed E-state index contributed by atoms with van der Waals surface area (Å²) in [6.07, 6.45) is 4.13. The SMILES string of the molecule is CC1CCN(C(=O)C2CCN(C(=O)C3CC3)CC2)CC1O. The highest BCUT2D eigenvalue weighted by molar-refractivity contribution is 5.82. The van der Waals surface area contributed by atoms with Gasteiger partial charge in [0.1, 0.15) is 0 Å². The molecule has 0 aromatic rings. The van der Waals surface area contributed by atoms with Crippen LogP contribution in [-0.4, -0.2) is 59.0 Å². The van der Waals surface area contributed by atoms with Gasteiger partial charge in [0, 0.05) is 38.0 Å². The van der Waals surface area contributed by atoms with Crippen LogP contribution in [0.3, 0.4) is 0 Å². The Hall–Kier alpha value is -1.10. The highest BCUT2D eigenvalue weighted by Gasteiger charge is 2.37. The molecular formula is C16H26N2O3. The number of aliphatic hydroxyl groups is 1. The first-order valence-corrected chi connectivity index (χ1v) is 8.32. The van der Waals surface area contributed by atoms with Crippen molar-refractivity contribution >= 4 is 11.8 Å². The van der Waals surface area contributed by atoms with Gasteiger partial charge < -0.3 is 14.9 Å². The normalized spacial score (nSPS) is 31.3. The molecule has 0 radical (unpaired) electrons. The van der Waals surface area contributed by atoms with E-state index in [1.54, 1.807) is 0 Å². The van der Waals surface area contributed by atoms with Gasteiger partial charge in [-0.2, -0.15) is 0 Å². The highest BCUT2D eigenvalue weighted by Crippen LogP contribution is 2.33. The topological polar surface area (TPSA) is 60.9 Å². The molecule has 2 atom stereocenters. The molecule has 5 heteroatoms. The predicted molar refractivity (Wildman–Crippen MR) is 78.4 cm³/mol. The second-order valence-corrected chi connectivity index (χ2v) is 6.99. The maximum absolute atomic E-state index is 12.5. The fourth-order valence-electron chi connectivity index (χ4n) is 3.44. The number of carbonyl (C=O) groups is 2. The lowest BCUT2D eigenvalue weighted by Crippen LogP contribution is -2.50. The summed E-state index contributed by atoms with van der Waals surface area (Å²) in [6, 6.07) is 0. The molecule has 1 saturated carbocycles. The number of hydrogen-bond donors (Lipinski definition) is 1. The molecule has 1 N–H and O–H groups in total. The molecule has 1 aliphatic carbocycles. The van der Waals surface area contributed by atoms with E-state index in [4.69, 9.17) is 0 Å². The Bertz CT molecular complexity index is 414. The van der Waals surface area contributed by atoms with Gasteiger partial charge in [0.05, 0.1) is 6.10 Å². The van der Waals surface area contributed by atoms with Gasteiger partial charge in [-0.05, 0) is 38.0 Å². The molecular weight excluding hydrogens is 268 g/mol. The third-order valence-corrected chi connectivity index (χ3v) is 5.31. The number of hydrogen-bond acceptors (Lipinski definition) is 3. The van der Waals surface area contributed by atoms with Crippen LogP contribution in [0.4, 0.5) is 0 Å². The number of piperidine rings is 2. The Labute approximate surface area is 126 Å². The van der Waals surface area contributed by atoms with Gasteiger partial charge in [0.15, 0.2) is 0 Å². The lowest BCUT2D eigenvalue weighted by atomic mass is 9.91. The summed E-state index contributed by atoms with van der Waals surface area (Å²) in [5.41, 5.74) is 0. The average molecular weight is 294 g/mol. The number of aliphatic hydroxyl groups excluding tert-OH is 1. The van der Waals surface area contributed by atoms with Crippen molar-refractivity contribution in [3.8, 4) is 0 Å². The van der Waals surface area contributed by atoms with Crippen molar-refractivity contribution in [2.75, 3.05) is 26.2 Å². The quantitative estimate of drug-likeness (QED) is 0.822. The third-order valence-electron chi connectivity index (χ3n) is 5.31. The van der Waals surface area contributed by atoms with Crippen molar-refractivity contribution in [2.45, 2.75) is 45.1 Å². The Morgan fingerprint density at radius 3 is 1.95 bits per heavy atom. The maximum Gasteiger partial charge on any atom is 0.225 e. The number of amides is 2. The van der Waals surface area contributed by atoms with Crippen LogP contribution in [0.2, 0.25) is 0 Å². The summed E-state index contributed by atoms with van der Waals surface area (Å²) in [6.45, 7) is 4.71. The van der Waals surface area contributed by atoms with Crippen LogP contribution in [0.15, 0.2) is 0 Å². The van der Waals surface area contributed by atoms with Crippen molar-refractivity contribution in [3.63, 3.8) is 0 Å². The summed E-state index contributed by atoms with van der Waals surface area (Å²) in [7, 11) is 0. The second-order valence-electron chi connectivity index (χ2n) is 6.99. The van der Waals surface area contributed by atoms with Gasteiger partial charge in [0.2, 0.25) is 11.8 Å². The summed E-state index contributed by atoms with van der Waals surface area (Å²) in [5.74, 6) is 1.07. The minimum Gasteiger partial charge on any atom is -0.391 e. The molecule has 21 heavy (non-hydrogen) atoms. The lowest BCUT2D eigenvalue weighted by molar-refractivity contribution is -0.144. The first-order valence-electron chi connectivity index (χ1n) is 8.32. The minimum absolute atomic E-state index is 0.0360. The molecule has 5 nitrogen and oxygen atoms in total. The summed E-state index contributed by atoms with van der Waals surface area (Å²) >= 11 is 0. The maximum atomic E-state index is 12.5. The smallest absolute Gasteiger partial charge is 0.225 e. The van der Waals surface area contributed by atoms with Crippen molar-refractivity contribution < 1.29 is 14.7 Å². The van der Waals surface area contributed by atoms with E-state index in [1.165, 1.54) is 0 Å². The predicted octanol–water partition coefficient (Wildman–Crippen LogP) is 0.864. The summed E-state index contributed by atoms with van der Waals surface area (Å²) in [5, 5.41) is 9.93. The Morgan fingerprint density at radius 2 is 1.38 bits per heavy atom. The molecule has 0 bridgehead atoms. The Balaban J connectivity index is 1.49. The molecule has 0 aromatic carbocycles. The van der Waals surface area contributed by atoms with Crippen molar-refractivity contribution in [2.24, 2.45) is 17.8 Å². The van der Waals surface area contributed by atoms with Crippen LogP contribution in [0.25, 0.3) is 0 Å². The van der Waals surface area contributed by atoms with Gasteiger partial charge >= 0.3 is 0 Å². The monoisotopic (exact) mass is 294 g/mol. The molecule has 118 valence electrons. The molecule has 3 aliphatic rings. The molecule has 3 fully saturated rings. The van der Waals surface area contributed by atoms with Crippen LogP contribution in [-0.2, 0) is 9.59 Å². The number of β-amino-alcohol motifs (C(OH)–C–C–N with tert-alkyl or cyclic N) is 1. The fraction of sp³-hybridized carbons (Fsp3) is 0.875. The molecule has 2 heterocycles. The van der Waals surface area contributed by atoms with Gasteiger partial charge in [-0.3, -0.25) is 9.59 Å². The van der Waals surface area contributed by atoms with Gasteiger partial charge in [-0.15, -0.1) is 0 Å². The van der Waals surface area contributed by atoms with Gasteiger partial charge in [0.25, 0.3) is 0 Å². The zero-order valence-corrected chi connectivity index (χ0v) is 12.8. The van der Waals surface area contributed by atoms with E-state index >= 15 is 0 Å². The molecule has 2 saturated heterocycles. The van der Waals surface area contributed by atoms with E-state index in [0.29, 0.717) is 12.5 Å². The number of nitrogens with zero attached hydrogens (tertiary/aromatic N) is 2. The third kappa shape index (κ3) is 3.23. The first kappa shape index (κ1) is 14.8. The van der Waals surface area contributed by atoms with Gasteiger partial charge in [-0.25, -0.2) is 0 Å². The fourth-order valence-corrected chi connectivity index (χ4v) is 3.44. The first-order chi connectivity index (χ1) is 10.1. The summed E-state index contributed by atoms with van der Waals surface area (Å²) < 4.78 is 0. The number of rotatable bonds is 2. The second kappa shape index (κ2) is 5.95. The van der Waals surface area contributed by atoms with Crippen LogP contribution >= 0.6 is 0 Å². The zero-order valence-electron chi connectivity index (χ0n) is 12.8. The molecule has 2 aliphatic heterocycles. The highest BCUT2D eigenvalue weighted by atomic mass is 16.3. The molecule has 2 unspecified atom stereocenters. The van der Waals surface area contributed by atoms with Crippen LogP contribution < -0.4 is 0 Å². The zero-order chi connectivity index (χ0) is 15.0. The number of carbonyl (C=O) groups excluding carboxylic acids is 2. The van der Waals surface area contributed by atoms with Crippen LogP contribution in [0.1, 0.15) is 39.0 Å². The van der Waals surface area contributed by atoms with E-state index < -0.39 is 0 Å². The van der Waals surface area contributed by atoms with Crippen molar-refractivity contribution in [1.82, 2.24) is 9.80 Å². The molecule has 3 rings (SSSR count). The Kier molecular flexibility index (Phi) is 4.20. The minimum atomic E-state index is -0.390. The standard InChI is InChI=1S/C16H26N2O3/c1-11-4-7-18(10-14(11)19)16(21)13-5-8-17(9-6-13)15(20)12-2-3-12/h11-14,19H,2-10H2,1H3. The average Bonchev–Trinajstić information content (AvgIpc) is 3.33.